The molecule has 0 aliphatic heterocycles. The number of carbonyl (C=O) groups is 1. The predicted molar refractivity (Wildman–Crippen MR) is 57.6 cm³/mol. The van der Waals surface area contributed by atoms with Crippen LogP contribution >= 0.6 is 0 Å². The highest BCUT2D eigenvalue weighted by molar-refractivity contribution is 5.75. The molecule has 1 fully saturated rings. The molecular weight excluding hydrogens is 194 g/mol. The Balaban J connectivity index is 1.97. The van der Waals surface area contributed by atoms with Gasteiger partial charge in [-0.3, -0.25) is 4.79 Å². The number of hydrogen-bond donors (Lipinski definition) is 1. The molecule has 88 valence electrons. The Morgan fingerprint density at radius 1 is 1.47 bits per heavy atom. The average Bonchev–Trinajstić information content (AvgIpc) is 3.06. The molecule has 0 aromatic heterocycles. The van der Waals surface area contributed by atoms with Gasteiger partial charge >= 0.3 is 5.97 Å². The van der Waals surface area contributed by atoms with Gasteiger partial charge in [-0.05, 0) is 25.8 Å². The van der Waals surface area contributed by atoms with E-state index in [-0.39, 0.29) is 12.0 Å². The summed E-state index contributed by atoms with van der Waals surface area (Å²) in [7, 11) is 3.16. The van der Waals surface area contributed by atoms with Crippen molar-refractivity contribution in [2.24, 2.45) is 5.92 Å². The smallest absolute Gasteiger partial charge is 0.322 e. The lowest BCUT2D eigenvalue weighted by atomic mass is 10.2. The van der Waals surface area contributed by atoms with E-state index >= 15 is 0 Å². The van der Waals surface area contributed by atoms with Gasteiger partial charge in [-0.2, -0.15) is 0 Å². The molecule has 1 aliphatic rings. The van der Waals surface area contributed by atoms with Gasteiger partial charge in [0.05, 0.1) is 7.11 Å². The van der Waals surface area contributed by atoms with Crippen molar-refractivity contribution in [3.8, 4) is 0 Å². The number of nitrogens with one attached hydrogen (secondary N) is 1. The quantitative estimate of drug-likeness (QED) is 0.484. The van der Waals surface area contributed by atoms with E-state index in [1.165, 1.54) is 26.4 Å². The van der Waals surface area contributed by atoms with E-state index in [4.69, 9.17) is 4.74 Å². The summed E-state index contributed by atoms with van der Waals surface area (Å²) in [5.74, 6) is 0.689. The van der Waals surface area contributed by atoms with Crippen LogP contribution in [0.5, 0.6) is 0 Å². The summed E-state index contributed by atoms with van der Waals surface area (Å²) < 4.78 is 10.1. The first kappa shape index (κ1) is 12.5. The molecule has 15 heavy (non-hydrogen) atoms. The molecule has 0 amide bonds. The van der Waals surface area contributed by atoms with Crippen molar-refractivity contribution in [1.29, 1.82) is 0 Å². The van der Waals surface area contributed by atoms with Crippen LogP contribution in [-0.4, -0.2) is 39.4 Å². The van der Waals surface area contributed by atoms with Gasteiger partial charge in [0.15, 0.2) is 0 Å². The molecule has 1 N–H and O–H groups in total. The Morgan fingerprint density at radius 2 is 2.20 bits per heavy atom. The van der Waals surface area contributed by atoms with Gasteiger partial charge < -0.3 is 14.8 Å². The monoisotopic (exact) mass is 215 g/mol. The second-order valence-corrected chi connectivity index (χ2v) is 4.00. The zero-order valence-electron chi connectivity index (χ0n) is 9.62. The van der Waals surface area contributed by atoms with E-state index in [0.29, 0.717) is 13.0 Å². The fourth-order valence-electron chi connectivity index (χ4n) is 1.48. The van der Waals surface area contributed by atoms with Gasteiger partial charge in [0, 0.05) is 13.2 Å². The van der Waals surface area contributed by atoms with Crippen molar-refractivity contribution in [2.45, 2.75) is 31.7 Å². The second-order valence-electron chi connectivity index (χ2n) is 4.00. The molecule has 1 rings (SSSR count). The van der Waals surface area contributed by atoms with Crippen molar-refractivity contribution in [1.82, 2.24) is 5.32 Å². The number of rotatable bonds is 8. The van der Waals surface area contributed by atoms with Crippen LogP contribution in [0.4, 0.5) is 0 Å². The lowest BCUT2D eigenvalue weighted by Crippen LogP contribution is -2.36. The van der Waals surface area contributed by atoms with E-state index in [1.54, 1.807) is 7.05 Å². The summed E-state index contributed by atoms with van der Waals surface area (Å²) in [4.78, 5) is 11.2. The van der Waals surface area contributed by atoms with Crippen molar-refractivity contribution in [2.75, 3.05) is 27.4 Å². The molecule has 1 saturated carbocycles. The zero-order chi connectivity index (χ0) is 11.1. The summed E-state index contributed by atoms with van der Waals surface area (Å²) in [5.41, 5.74) is 0. The molecule has 0 radical (unpaired) electrons. The number of hydrogen-bond acceptors (Lipinski definition) is 4. The first-order valence-electron chi connectivity index (χ1n) is 5.60. The van der Waals surface area contributed by atoms with E-state index in [1.807, 2.05) is 0 Å². The molecule has 0 saturated heterocycles. The van der Waals surface area contributed by atoms with Crippen molar-refractivity contribution < 1.29 is 14.3 Å². The minimum absolute atomic E-state index is 0.219. The van der Waals surface area contributed by atoms with Crippen molar-refractivity contribution >= 4 is 5.97 Å². The Morgan fingerprint density at radius 3 is 2.73 bits per heavy atom. The Bertz CT molecular complexity index is 192. The summed E-state index contributed by atoms with van der Waals surface area (Å²) >= 11 is 0. The summed E-state index contributed by atoms with van der Waals surface area (Å²) in [6.45, 7) is 1.44. The largest absolute Gasteiger partial charge is 0.468 e. The summed E-state index contributed by atoms with van der Waals surface area (Å²) in [5, 5.41) is 2.91. The van der Waals surface area contributed by atoms with Crippen LogP contribution < -0.4 is 5.32 Å². The van der Waals surface area contributed by atoms with Crippen LogP contribution in [0.3, 0.4) is 0 Å². The number of methoxy groups -OCH3 is 1. The standard InChI is InChI=1S/C11H21NO3/c1-12-10(11(13)14-2)6-8-15-7-5-9-3-4-9/h9-10,12H,3-8H2,1-2H3. The maximum atomic E-state index is 11.2. The molecule has 4 heteroatoms. The fourth-order valence-corrected chi connectivity index (χ4v) is 1.48. The zero-order valence-corrected chi connectivity index (χ0v) is 9.62. The number of likely N-dealkylation sites (N-methyl/N-ethyl adjacent to an activating group) is 1. The van der Waals surface area contributed by atoms with Gasteiger partial charge in [-0.15, -0.1) is 0 Å². The highest BCUT2D eigenvalue weighted by Gasteiger charge is 2.20. The fraction of sp³-hybridized carbons (Fsp3) is 0.909. The normalized spacial score (nSPS) is 17.5. The Hall–Kier alpha value is -0.610. The number of esters is 1. The molecule has 4 nitrogen and oxygen atoms in total. The lowest BCUT2D eigenvalue weighted by Gasteiger charge is -2.13. The maximum Gasteiger partial charge on any atom is 0.322 e. The third-order valence-electron chi connectivity index (χ3n) is 2.75. The van der Waals surface area contributed by atoms with Crippen LogP contribution in [0.2, 0.25) is 0 Å². The van der Waals surface area contributed by atoms with Crippen molar-refractivity contribution in [3.63, 3.8) is 0 Å². The predicted octanol–water partition coefficient (Wildman–Crippen LogP) is 0.954. The molecule has 0 spiro atoms. The van der Waals surface area contributed by atoms with Crippen LogP contribution in [0.25, 0.3) is 0 Å². The third kappa shape index (κ3) is 5.14. The number of ether oxygens (including phenoxy) is 2. The van der Waals surface area contributed by atoms with E-state index < -0.39 is 0 Å². The Labute approximate surface area is 91.3 Å². The third-order valence-corrected chi connectivity index (χ3v) is 2.75. The van der Waals surface area contributed by atoms with Crippen molar-refractivity contribution in [3.05, 3.63) is 0 Å². The van der Waals surface area contributed by atoms with Gasteiger partial charge in [-0.25, -0.2) is 0 Å². The van der Waals surface area contributed by atoms with Gasteiger partial charge in [-0.1, -0.05) is 12.8 Å². The van der Waals surface area contributed by atoms with Crippen LogP contribution in [0.15, 0.2) is 0 Å². The Kier molecular flexibility index (Phi) is 5.65. The van der Waals surface area contributed by atoms with Gasteiger partial charge in [0.25, 0.3) is 0 Å². The molecule has 0 aromatic rings. The van der Waals surface area contributed by atoms with E-state index in [0.717, 1.165) is 12.5 Å². The van der Waals surface area contributed by atoms with Crippen LogP contribution in [0, 0.1) is 5.92 Å². The molecule has 1 unspecified atom stereocenters. The minimum Gasteiger partial charge on any atom is -0.468 e. The molecule has 0 heterocycles. The average molecular weight is 215 g/mol. The molecule has 0 bridgehead atoms. The van der Waals surface area contributed by atoms with Gasteiger partial charge in [0.2, 0.25) is 0 Å². The van der Waals surface area contributed by atoms with E-state index in [2.05, 4.69) is 10.1 Å². The van der Waals surface area contributed by atoms with E-state index in [9.17, 15) is 4.79 Å². The lowest BCUT2D eigenvalue weighted by molar-refractivity contribution is -0.143. The van der Waals surface area contributed by atoms with Crippen LogP contribution in [0.1, 0.15) is 25.7 Å². The first-order chi connectivity index (χ1) is 7.27. The van der Waals surface area contributed by atoms with Crippen LogP contribution in [-0.2, 0) is 14.3 Å². The SMILES string of the molecule is CNC(CCOCCC1CC1)C(=O)OC. The highest BCUT2D eigenvalue weighted by Crippen LogP contribution is 2.32. The maximum absolute atomic E-state index is 11.2. The second kappa shape index (κ2) is 6.80. The minimum atomic E-state index is -0.240. The van der Waals surface area contributed by atoms with Gasteiger partial charge in [0.1, 0.15) is 6.04 Å². The summed E-state index contributed by atoms with van der Waals surface area (Å²) in [6.07, 6.45) is 4.58. The highest BCUT2D eigenvalue weighted by atomic mass is 16.5. The summed E-state index contributed by atoms with van der Waals surface area (Å²) in [6, 6.07) is -0.240. The number of carbonyl (C=O) groups excluding carboxylic acids is 1. The molecular formula is C11H21NO3. The first-order valence-corrected chi connectivity index (χ1v) is 5.60. The topological polar surface area (TPSA) is 47.6 Å². The molecule has 0 aromatic carbocycles. The molecule has 1 atom stereocenters. The molecule has 1 aliphatic carbocycles.